The number of Topliss-reactive ketones (excluding diaryl/α,β-unsaturated/α-hetero) is 1. The number of hydrogen-bond acceptors (Lipinski definition) is 7. The largest absolute Gasteiger partial charge is 0.489 e. The number of amides is 2. The lowest BCUT2D eigenvalue weighted by atomic mass is 9.78. The molecule has 7 rings (SSSR count). The minimum Gasteiger partial charge on any atom is -0.489 e. The number of fused-ring (bicyclic) bond motifs is 2. The number of ketones is 1. The fourth-order valence-corrected chi connectivity index (χ4v) is 7.03. The second kappa shape index (κ2) is 13.8. The van der Waals surface area contributed by atoms with Gasteiger partial charge in [0.2, 0.25) is 17.6 Å². The van der Waals surface area contributed by atoms with Crippen LogP contribution in [0.2, 0.25) is 0 Å². The minimum atomic E-state index is -1.06. The number of allylic oxidation sites excluding steroid dienone is 2. The van der Waals surface area contributed by atoms with Gasteiger partial charge in [-0.05, 0) is 85.5 Å². The van der Waals surface area contributed by atoms with Crippen LogP contribution in [0.4, 0.5) is 5.69 Å². The van der Waals surface area contributed by atoms with Gasteiger partial charge in [0, 0.05) is 21.0 Å². The lowest BCUT2D eigenvalue weighted by Gasteiger charge is -2.22. The van der Waals surface area contributed by atoms with E-state index in [2.05, 4.69) is 15.9 Å². The van der Waals surface area contributed by atoms with Crippen molar-refractivity contribution in [3.05, 3.63) is 136 Å². The van der Waals surface area contributed by atoms with Crippen LogP contribution in [0.1, 0.15) is 46.5 Å². The molecule has 9 heteroatoms. The van der Waals surface area contributed by atoms with Crippen molar-refractivity contribution in [2.24, 2.45) is 17.8 Å². The van der Waals surface area contributed by atoms with E-state index < -0.39 is 12.1 Å². The number of pyridine rings is 1. The molecule has 50 heavy (non-hydrogen) atoms. The van der Waals surface area contributed by atoms with Gasteiger partial charge in [-0.25, -0.2) is 9.78 Å². The first kappa shape index (κ1) is 33.1. The molecule has 2 heterocycles. The van der Waals surface area contributed by atoms with E-state index in [-0.39, 0.29) is 40.9 Å². The third kappa shape index (κ3) is 6.48. The topological polar surface area (TPSA) is 103 Å². The number of carbonyl (C=O) groups is 4. The first-order valence-electron chi connectivity index (χ1n) is 16.4. The smallest absolute Gasteiger partial charge is 0.339 e. The van der Waals surface area contributed by atoms with Crippen molar-refractivity contribution >= 4 is 56.1 Å². The van der Waals surface area contributed by atoms with Gasteiger partial charge in [-0.3, -0.25) is 19.3 Å². The molecule has 250 valence electrons. The Morgan fingerprint density at radius 1 is 0.920 bits per heavy atom. The molecule has 1 aliphatic heterocycles. The van der Waals surface area contributed by atoms with Crippen LogP contribution in [-0.2, 0) is 20.9 Å². The van der Waals surface area contributed by atoms with Crippen LogP contribution in [0.5, 0.6) is 5.75 Å². The maximum absolute atomic E-state index is 13.7. The average molecular weight is 730 g/mol. The molecule has 1 aliphatic carbocycles. The van der Waals surface area contributed by atoms with Crippen molar-refractivity contribution in [2.75, 3.05) is 4.90 Å². The van der Waals surface area contributed by atoms with Crippen LogP contribution >= 0.6 is 15.9 Å². The monoisotopic (exact) mass is 728 g/mol. The Morgan fingerprint density at radius 3 is 2.38 bits per heavy atom. The lowest BCUT2D eigenvalue weighted by Crippen LogP contribution is -2.31. The third-order valence-corrected chi connectivity index (χ3v) is 9.82. The summed E-state index contributed by atoms with van der Waals surface area (Å²) < 4.78 is 12.3. The molecule has 0 bridgehead atoms. The Morgan fingerprint density at radius 2 is 1.66 bits per heavy atom. The van der Waals surface area contributed by atoms with Crippen LogP contribution in [-0.4, -0.2) is 34.7 Å². The number of nitrogens with zero attached hydrogens (tertiary/aromatic N) is 2. The van der Waals surface area contributed by atoms with Crippen LogP contribution in [0.25, 0.3) is 22.2 Å². The lowest BCUT2D eigenvalue weighted by molar-refractivity contribution is -0.122. The van der Waals surface area contributed by atoms with Crippen molar-refractivity contribution < 1.29 is 28.7 Å². The Kier molecular flexibility index (Phi) is 9.16. The number of hydrogen-bond donors (Lipinski definition) is 0. The number of imide groups is 1. The molecular weight excluding hydrogens is 696 g/mol. The standard InChI is InChI=1S/C41H33BrN2O6/c1-24-7-6-10-32-37(24)40(47)44(39(32)46)30-16-11-27(12-17-30)36-22-34(33-21-29(42)15-20-35(33)43-36)41(48)50-25(2)38(45)28-13-18-31(19-14-28)49-23-26-8-4-3-5-9-26/h3-9,11-22,24-25,32,37H,10,23H2,1-2H3. The quantitative estimate of drug-likeness (QED) is 0.0650. The number of carbonyl (C=O) groups excluding carboxylic acids is 4. The fourth-order valence-electron chi connectivity index (χ4n) is 6.67. The summed E-state index contributed by atoms with van der Waals surface area (Å²) in [4.78, 5) is 59.6. The zero-order valence-corrected chi connectivity index (χ0v) is 29.0. The van der Waals surface area contributed by atoms with Crippen LogP contribution in [0, 0.1) is 17.8 Å². The molecule has 4 unspecified atom stereocenters. The second-order valence-corrected chi connectivity index (χ2v) is 13.6. The maximum atomic E-state index is 13.7. The van der Waals surface area contributed by atoms with Crippen molar-refractivity contribution in [3.63, 3.8) is 0 Å². The van der Waals surface area contributed by atoms with Gasteiger partial charge in [-0.2, -0.15) is 0 Å². The normalized spacial score (nSPS) is 18.9. The predicted octanol–water partition coefficient (Wildman–Crippen LogP) is 8.37. The Balaban J connectivity index is 1.09. The summed E-state index contributed by atoms with van der Waals surface area (Å²) >= 11 is 3.48. The molecule has 1 aromatic heterocycles. The zero-order chi connectivity index (χ0) is 34.9. The molecular formula is C41H33BrN2O6. The highest BCUT2D eigenvalue weighted by molar-refractivity contribution is 9.10. The molecule has 5 aromatic rings. The molecule has 0 radical (unpaired) electrons. The number of benzene rings is 4. The second-order valence-electron chi connectivity index (χ2n) is 12.6. The molecule has 1 saturated heterocycles. The van der Waals surface area contributed by atoms with E-state index in [1.807, 2.05) is 55.5 Å². The van der Waals surface area contributed by atoms with Crippen molar-refractivity contribution in [2.45, 2.75) is 33.0 Å². The Labute approximate surface area is 297 Å². The van der Waals surface area contributed by atoms with Crippen molar-refractivity contribution in [3.8, 4) is 17.0 Å². The third-order valence-electron chi connectivity index (χ3n) is 9.32. The maximum Gasteiger partial charge on any atom is 0.339 e. The number of ether oxygens (including phenoxy) is 2. The van der Waals surface area contributed by atoms with E-state index >= 15 is 0 Å². The Bertz CT molecular complexity index is 2150. The summed E-state index contributed by atoms with van der Waals surface area (Å²) in [6.45, 7) is 3.92. The van der Waals surface area contributed by atoms with Gasteiger partial charge in [0.1, 0.15) is 12.4 Å². The summed E-state index contributed by atoms with van der Waals surface area (Å²) in [6, 6.07) is 30.6. The molecule has 0 saturated carbocycles. The van der Waals surface area contributed by atoms with Gasteiger partial charge in [0.25, 0.3) is 0 Å². The molecule has 4 atom stereocenters. The van der Waals surface area contributed by atoms with E-state index in [9.17, 15) is 19.2 Å². The summed E-state index contributed by atoms with van der Waals surface area (Å²) in [5, 5.41) is 0.558. The molecule has 2 aliphatic rings. The fraction of sp³-hybridized carbons (Fsp3) is 0.195. The minimum absolute atomic E-state index is 0.00203. The molecule has 2 amide bonds. The van der Waals surface area contributed by atoms with Crippen molar-refractivity contribution in [1.82, 2.24) is 4.98 Å². The van der Waals surface area contributed by atoms with Gasteiger partial charge in [0.05, 0.1) is 34.3 Å². The molecule has 4 aromatic carbocycles. The number of aromatic nitrogens is 1. The van der Waals surface area contributed by atoms with Crippen LogP contribution < -0.4 is 9.64 Å². The van der Waals surface area contributed by atoms with Gasteiger partial charge in [-0.1, -0.05) is 77.5 Å². The van der Waals surface area contributed by atoms with Gasteiger partial charge in [0.15, 0.2) is 6.10 Å². The predicted molar refractivity (Wildman–Crippen MR) is 194 cm³/mol. The molecule has 0 spiro atoms. The van der Waals surface area contributed by atoms with Crippen LogP contribution in [0.15, 0.2) is 120 Å². The summed E-state index contributed by atoms with van der Waals surface area (Å²) in [5.74, 6) is -1.46. The average Bonchev–Trinajstić information content (AvgIpc) is 3.40. The number of esters is 1. The number of halogens is 1. The first-order valence-corrected chi connectivity index (χ1v) is 17.2. The van der Waals surface area contributed by atoms with Gasteiger partial charge >= 0.3 is 5.97 Å². The number of rotatable bonds is 9. The zero-order valence-electron chi connectivity index (χ0n) is 27.4. The van der Waals surface area contributed by atoms with E-state index in [1.165, 1.54) is 4.90 Å². The van der Waals surface area contributed by atoms with Gasteiger partial charge in [-0.15, -0.1) is 0 Å². The molecule has 0 N–H and O–H groups in total. The molecule has 8 nitrogen and oxygen atoms in total. The number of anilines is 1. The first-order chi connectivity index (χ1) is 24.2. The summed E-state index contributed by atoms with van der Waals surface area (Å²) in [6.07, 6.45) is 3.48. The van der Waals surface area contributed by atoms with E-state index in [0.717, 1.165) is 10.0 Å². The van der Waals surface area contributed by atoms with Crippen molar-refractivity contribution in [1.29, 1.82) is 0 Å². The molecule has 1 fully saturated rings. The highest BCUT2D eigenvalue weighted by Gasteiger charge is 2.50. The van der Waals surface area contributed by atoms with E-state index in [1.54, 1.807) is 73.7 Å². The summed E-state index contributed by atoms with van der Waals surface area (Å²) in [5.41, 5.74) is 3.89. The van der Waals surface area contributed by atoms with E-state index in [0.29, 0.717) is 52.2 Å². The Hall–Kier alpha value is -5.41. The van der Waals surface area contributed by atoms with Crippen LogP contribution in [0.3, 0.4) is 0 Å². The van der Waals surface area contributed by atoms with Gasteiger partial charge < -0.3 is 9.47 Å². The van der Waals surface area contributed by atoms with E-state index in [4.69, 9.17) is 14.5 Å². The highest BCUT2D eigenvalue weighted by Crippen LogP contribution is 2.41. The SMILES string of the molecule is CC(OC(=O)c1cc(-c2ccc(N3C(=O)C4CC=CC(C)C4C3=O)cc2)nc2ccc(Br)cc12)C(=O)c1ccc(OCc2ccccc2)cc1. The highest BCUT2D eigenvalue weighted by atomic mass is 79.9. The summed E-state index contributed by atoms with van der Waals surface area (Å²) in [7, 11) is 0.